The first-order valence-corrected chi connectivity index (χ1v) is 9.45. The highest BCUT2D eigenvalue weighted by Gasteiger charge is 2.28. The van der Waals surface area contributed by atoms with Gasteiger partial charge in [-0.15, -0.1) is 0 Å². The number of halogens is 1. The minimum atomic E-state index is -1.04. The summed E-state index contributed by atoms with van der Waals surface area (Å²) in [7, 11) is 0. The molecule has 3 aromatic rings. The molecule has 0 aliphatic heterocycles. The molecule has 0 saturated heterocycles. The van der Waals surface area contributed by atoms with Gasteiger partial charge >= 0.3 is 5.97 Å². The molecule has 0 unspecified atom stereocenters. The van der Waals surface area contributed by atoms with Crippen LogP contribution in [-0.4, -0.2) is 31.6 Å². The molecule has 0 atom stereocenters. The molecule has 142 valence electrons. The summed E-state index contributed by atoms with van der Waals surface area (Å²) in [5.74, 6) is -0.730. The monoisotopic (exact) mass is 395 g/mol. The lowest BCUT2D eigenvalue weighted by molar-refractivity contribution is 0.0696. The molecule has 2 aromatic heterocycles. The summed E-state index contributed by atoms with van der Waals surface area (Å²) in [6.45, 7) is 1.86. The third-order valence-electron chi connectivity index (χ3n) is 5.06. The van der Waals surface area contributed by atoms with Crippen LogP contribution in [0.3, 0.4) is 0 Å². The van der Waals surface area contributed by atoms with Gasteiger partial charge in [-0.2, -0.15) is 5.10 Å². The second-order valence-electron chi connectivity index (χ2n) is 6.86. The number of hydrogen-bond donors (Lipinski definition) is 1. The highest BCUT2D eigenvalue weighted by molar-refractivity contribution is 6.35. The maximum atomic E-state index is 13.3. The van der Waals surface area contributed by atoms with Crippen molar-refractivity contribution in [2.45, 2.75) is 32.6 Å². The average Bonchev–Trinajstić information content (AvgIpc) is 3.07. The van der Waals surface area contributed by atoms with E-state index in [1.807, 2.05) is 19.1 Å². The van der Waals surface area contributed by atoms with Crippen molar-refractivity contribution < 1.29 is 14.7 Å². The Balaban J connectivity index is 1.84. The molecule has 1 N–H and O–H groups in total. The molecule has 7 heteroatoms. The van der Waals surface area contributed by atoms with E-state index in [4.69, 9.17) is 16.7 Å². The number of aromatic nitrogens is 3. The minimum absolute atomic E-state index is 0.104. The predicted molar refractivity (Wildman–Crippen MR) is 105 cm³/mol. The third-order valence-corrected chi connectivity index (χ3v) is 5.37. The number of hydrogen-bond acceptors (Lipinski definition) is 4. The first kappa shape index (κ1) is 18.4. The number of benzene rings is 1. The van der Waals surface area contributed by atoms with Crippen molar-refractivity contribution in [3.05, 3.63) is 75.2 Å². The maximum Gasteiger partial charge on any atom is 0.337 e. The molecule has 4 rings (SSSR count). The van der Waals surface area contributed by atoms with E-state index >= 15 is 0 Å². The molecule has 0 saturated carbocycles. The van der Waals surface area contributed by atoms with Crippen LogP contribution in [0, 0.1) is 6.92 Å². The Labute approximate surface area is 166 Å². The minimum Gasteiger partial charge on any atom is -0.478 e. The van der Waals surface area contributed by atoms with E-state index in [9.17, 15) is 9.59 Å². The zero-order chi connectivity index (χ0) is 19.8. The molecular formula is C21H18ClN3O3. The van der Waals surface area contributed by atoms with Crippen LogP contribution in [0.1, 0.15) is 56.1 Å². The van der Waals surface area contributed by atoms with E-state index < -0.39 is 5.97 Å². The van der Waals surface area contributed by atoms with E-state index in [-0.39, 0.29) is 11.3 Å². The number of carboxylic acid groups (broad SMARTS) is 1. The number of ketones is 1. The van der Waals surface area contributed by atoms with Gasteiger partial charge in [-0.1, -0.05) is 23.7 Å². The third kappa shape index (κ3) is 3.10. The van der Waals surface area contributed by atoms with E-state index in [2.05, 4.69) is 10.1 Å². The lowest BCUT2D eigenvalue weighted by atomic mass is 9.92. The van der Waals surface area contributed by atoms with Crippen LogP contribution < -0.4 is 0 Å². The van der Waals surface area contributed by atoms with Crippen LogP contribution in [0.2, 0.25) is 5.02 Å². The van der Waals surface area contributed by atoms with E-state index in [1.165, 1.54) is 12.3 Å². The van der Waals surface area contributed by atoms with Crippen LogP contribution in [0.25, 0.3) is 5.82 Å². The molecular weight excluding hydrogens is 378 g/mol. The molecule has 1 aliphatic carbocycles. The predicted octanol–water partition coefficient (Wildman–Crippen LogP) is 4.04. The molecule has 28 heavy (non-hydrogen) atoms. The van der Waals surface area contributed by atoms with Crippen molar-refractivity contribution in [1.82, 2.24) is 14.8 Å². The Kier molecular flexibility index (Phi) is 4.73. The van der Waals surface area contributed by atoms with Gasteiger partial charge < -0.3 is 5.11 Å². The van der Waals surface area contributed by atoms with Gasteiger partial charge in [0.1, 0.15) is 5.69 Å². The lowest BCUT2D eigenvalue weighted by Gasteiger charge is -2.14. The van der Waals surface area contributed by atoms with E-state index in [1.54, 1.807) is 16.8 Å². The van der Waals surface area contributed by atoms with Crippen LogP contribution in [0.5, 0.6) is 0 Å². The second kappa shape index (κ2) is 7.20. The Morgan fingerprint density at radius 2 is 1.93 bits per heavy atom. The van der Waals surface area contributed by atoms with Crippen molar-refractivity contribution >= 4 is 23.4 Å². The number of aromatic carboxylic acids is 1. The molecule has 2 heterocycles. The number of carbonyl (C=O) groups excluding carboxylic acids is 1. The largest absolute Gasteiger partial charge is 0.478 e. The lowest BCUT2D eigenvalue weighted by Crippen LogP contribution is -2.10. The van der Waals surface area contributed by atoms with Gasteiger partial charge in [0, 0.05) is 23.0 Å². The fourth-order valence-corrected chi connectivity index (χ4v) is 3.95. The molecule has 0 radical (unpaired) electrons. The summed E-state index contributed by atoms with van der Waals surface area (Å²) in [5.41, 5.74) is 3.66. The average molecular weight is 396 g/mol. The standard InChI is InChI=1S/C21H18ClN3O3/c1-12-5-4-7-15(22)18(12)20(26)19-14-6-2-3-8-16(14)25(24-19)17-10-9-13(11-23-17)21(27)28/h4-5,7,9-11H,2-3,6,8H2,1H3,(H,27,28). The van der Waals surface area contributed by atoms with E-state index in [0.29, 0.717) is 22.1 Å². The Morgan fingerprint density at radius 1 is 1.14 bits per heavy atom. The first-order valence-electron chi connectivity index (χ1n) is 9.07. The van der Waals surface area contributed by atoms with Crippen molar-refractivity contribution in [3.63, 3.8) is 0 Å². The fourth-order valence-electron chi connectivity index (χ4n) is 3.65. The van der Waals surface area contributed by atoms with Crippen molar-refractivity contribution in [1.29, 1.82) is 0 Å². The second-order valence-corrected chi connectivity index (χ2v) is 7.27. The van der Waals surface area contributed by atoms with Gasteiger partial charge in [-0.3, -0.25) is 4.79 Å². The molecule has 1 aromatic carbocycles. The zero-order valence-electron chi connectivity index (χ0n) is 15.3. The summed E-state index contributed by atoms with van der Waals surface area (Å²) in [4.78, 5) is 28.6. The normalized spacial score (nSPS) is 13.2. The fraction of sp³-hybridized carbons (Fsp3) is 0.238. The van der Waals surface area contributed by atoms with Gasteiger partial charge in [0.2, 0.25) is 5.78 Å². The molecule has 0 fully saturated rings. The SMILES string of the molecule is Cc1cccc(Cl)c1C(=O)c1nn(-c2ccc(C(=O)O)cn2)c2c1CCCC2. The Morgan fingerprint density at radius 3 is 2.61 bits per heavy atom. The van der Waals surface area contributed by atoms with Crippen molar-refractivity contribution in [2.24, 2.45) is 0 Å². The molecule has 6 nitrogen and oxygen atoms in total. The number of carbonyl (C=O) groups is 2. The number of aryl methyl sites for hydroxylation is 1. The smallest absolute Gasteiger partial charge is 0.337 e. The number of carboxylic acids is 1. The summed E-state index contributed by atoms with van der Waals surface area (Å²) < 4.78 is 1.67. The Bertz CT molecular complexity index is 1070. The maximum absolute atomic E-state index is 13.3. The highest BCUT2D eigenvalue weighted by Crippen LogP contribution is 2.30. The zero-order valence-corrected chi connectivity index (χ0v) is 16.0. The van der Waals surface area contributed by atoms with Gasteiger partial charge in [0.15, 0.2) is 5.82 Å². The first-order chi connectivity index (χ1) is 13.5. The molecule has 0 spiro atoms. The number of rotatable bonds is 4. The van der Waals surface area contributed by atoms with Gasteiger partial charge in [0.05, 0.1) is 10.6 Å². The van der Waals surface area contributed by atoms with Crippen LogP contribution >= 0.6 is 11.6 Å². The number of pyridine rings is 1. The van der Waals surface area contributed by atoms with Crippen LogP contribution in [-0.2, 0) is 12.8 Å². The molecule has 0 bridgehead atoms. The van der Waals surface area contributed by atoms with Gasteiger partial charge in [-0.25, -0.2) is 14.5 Å². The molecule has 1 aliphatic rings. The van der Waals surface area contributed by atoms with Gasteiger partial charge in [-0.05, 0) is 56.4 Å². The van der Waals surface area contributed by atoms with Gasteiger partial charge in [0.25, 0.3) is 0 Å². The van der Waals surface area contributed by atoms with Crippen molar-refractivity contribution in [2.75, 3.05) is 0 Å². The van der Waals surface area contributed by atoms with Crippen LogP contribution in [0.15, 0.2) is 36.5 Å². The Hall–Kier alpha value is -2.99. The van der Waals surface area contributed by atoms with E-state index in [0.717, 1.165) is 42.5 Å². The molecule has 0 amide bonds. The number of fused-ring (bicyclic) bond motifs is 1. The quantitative estimate of drug-likeness (QED) is 0.674. The summed E-state index contributed by atoms with van der Waals surface area (Å²) in [6, 6.07) is 8.48. The van der Waals surface area contributed by atoms with Crippen LogP contribution in [0.4, 0.5) is 0 Å². The van der Waals surface area contributed by atoms with Crippen molar-refractivity contribution in [3.8, 4) is 5.82 Å². The summed E-state index contributed by atoms with van der Waals surface area (Å²) >= 11 is 6.30. The highest BCUT2D eigenvalue weighted by atomic mass is 35.5. The number of nitrogens with zero attached hydrogens (tertiary/aromatic N) is 3. The topological polar surface area (TPSA) is 85.1 Å². The summed E-state index contributed by atoms with van der Waals surface area (Å²) in [5, 5.41) is 14.1. The summed E-state index contributed by atoms with van der Waals surface area (Å²) in [6.07, 6.45) is 4.86.